The Morgan fingerprint density at radius 3 is 2.87 bits per heavy atom. The zero-order chi connectivity index (χ0) is 16.9. The van der Waals surface area contributed by atoms with Crippen molar-refractivity contribution in [2.24, 2.45) is 7.05 Å². The van der Waals surface area contributed by atoms with Crippen molar-refractivity contribution in [3.8, 4) is 0 Å². The number of benzene rings is 1. The number of nitrogens with one attached hydrogen (secondary N) is 2. The zero-order valence-corrected chi connectivity index (χ0v) is 13.2. The van der Waals surface area contributed by atoms with Crippen molar-refractivity contribution >= 4 is 6.03 Å². The molecule has 124 valence electrons. The molecule has 7 heteroatoms. The summed E-state index contributed by atoms with van der Waals surface area (Å²) in [7, 11) is 1.76. The van der Waals surface area contributed by atoms with E-state index in [2.05, 4.69) is 15.7 Å². The van der Waals surface area contributed by atoms with Crippen LogP contribution in [-0.4, -0.2) is 34.0 Å². The number of carbonyl (C=O) groups excluding carboxylic acids is 1. The standard InChI is InChI=1S/C16H21FN4O2/c1-16(23,13-9-20-21(2)10-13)11-19-15(22)18-7-6-12-4-3-5-14(17)8-12/h3-5,8-10,23H,6-7,11H2,1-2H3,(H2,18,19,22). The molecule has 2 rings (SSSR count). The van der Waals surface area contributed by atoms with Crippen LogP contribution in [0.2, 0.25) is 0 Å². The Balaban J connectivity index is 1.74. The van der Waals surface area contributed by atoms with Gasteiger partial charge < -0.3 is 15.7 Å². The lowest BCUT2D eigenvalue weighted by molar-refractivity contribution is 0.0593. The highest BCUT2D eigenvalue weighted by Crippen LogP contribution is 2.18. The molecule has 0 aliphatic carbocycles. The van der Waals surface area contributed by atoms with Gasteiger partial charge in [0.05, 0.1) is 12.7 Å². The molecule has 0 bridgehead atoms. The highest BCUT2D eigenvalue weighted by atomic mass is 19.1. The highest BCUT2D eigenvalue weighted by molar-refractivity contribution is 5.73. The van der Waals surface area contributed by atoms with E-state index in [4.69, 9.17) is 0 Å². The molecule has 1 aromatic carbocycles. The number of nitrogens with zero attached hydrogens (tertiary/aromatic N) is 2. The predicted octanol–water partition coefficient (Wildman–Crippen LogP) is 1.31. The largest absolute Gasteiger partial charge is 0.383 e. The maximum absolute atomic E-state index is 13.0. The lowest BCUT2D eigenvalue weighted by Gasteiger charge is -2.22. The van der Waals surface area contributed by atoms with E-state index >= 15 is 0 Å². The van der Waals surface area contributed by atoms with Crippen molar-refractivity contribution in [1.29, 1.82) is 0 Å². The highest BCUT2D eigenvalue weighted by Gasteiger charge is 2.25. The molecule has 0 saturated carbocycles. The molecule has 1 heterocycles. The van der Waals surface area contributed by atoms with Crippen molar-refractivity contribution in [3.05, 3.63) is 53.6 Å². The lowest BCUT2D eigenvalue weighted by Crippen LogP contribution is -2.43. The van der Waals surface area contributed by atoms with E-state index in [0.29, 0.717) is 18.5 Å². The topological polar surface area (TPSA) is 79.2 Å². The Morgan fingerprint density at radius 2 is 2.22 bits per heavy atom. The number of carbonyl (C=O) groups is 1. The number of rotatable bonds is 6. The van der Waals surface area contributed by atoms with Gasteiger partial charge in [0.25, 0.3) is 0 Å². The molecule has 0 fully saturated rings. The summed E-state index contributed by atoms with van der Waals surface area (Å²) in [5.41, 5.74) is 0.237. The molecule has 0 radical (unpaired) electrons. The van der Waals surface area contributed by atoms with Crippen molar-refractivity contribution in [3.63, 3.8) is 0 Å². The second-order valence-corrected chi connectivity index (χ2v) is 5.67. The van der Waals surface area contributed by atoms with Gasteiger partial charge in [-0.15, -0.1) is 0 Å². The fourth-order valence-corrected chi connectivity index (χ4v) is 2.13. The maximum atomic E-state index is 13.0. The van der Waals surface area contributed by atoms with Crippen LogP contribution in [0.4, 0.5) is 9.18 Å². The first kappa shape index (κ1) is 17.0. The maximum Gasteiger partial charge on any atom is 0.314 e. The van der Waals surface area contributed by atoms with Crippen LogP contribution < -0.4 is 10.6 Å². The fourth-order valence-electron chi connectivity index (χ4n) is 2.13. The number of amides is 2. The Hall–Kier alpha value is -2.41. The number of aryl methyl sites for hydroxylation is 1. The monoisotopic (exact) mass is 320 g/mol. The minimum Gasteiger partial charge on any atom is -0.383 e. The summed E-state index contributed by atoms with van der Waals surface area (Å²) in [6.07, 6.45) is 3.79. The van der Waals surface area contributed by atoms with Crippen LogP contribution in [0.25, 0.3) is 0 Å². The lowest BCUT2D eigenvalue weighted by atomic mass is 10.00. The fraction of sp³-hybridized carbons (Fsp3) is 0.375. The molecule has 0 spiro atoms. The van der Waals surface area contributed by atoms with Crippen LogP contribution in [0.5, 0.6) is 0 Å². The normalized spacial score (nSPS) is 13.4. The number of aliphatic hydroxyl groups is 1. The van der Waals surface area contributed by atoms with Crippen LogP contribution in [0.3, 0.4) is 0 Å². The van der Waals surface area contributed by atoms with Gasteiger partial charge in [-0.1, -0.05) is 12.1 Å². The quantitative estimate of drug-likeness (QED) is 0.751. The molecule has 1 aromatic heterocycles. The van der Waals surface area contributed by atoms with E-state index in [0.717, 1.165) is 5.56 Å². The van der Waals surface area contributed by atoms with Crippen LogP contribution in [-0.2, 0) is 19.1 Å². The van der Waals surface area contributed by atoms with Crippen LogP contribution in [0, 0.1) is 5.82 Å². The first-order valence-corrected chi connectivity index (χ1v) is 7.34. The van der Waals surface area contributed by atoms with Crippen LogP contribution in [0.1, 0.15) is 18.1 Å². The predicted molar refractivity (Wildman–Crippen MR) is 84.3 cm³/mol. The number of hydrogen-bond donors (Lipinski definition) is 3. The molecule has 0 saturated heterocycles. The third kappa shape index (κ3) is 5.07. The van der Waals surface area contributed by atoms with Gasteiger partial charge in [0.15, 0.2) is 0 Å². The van der Waals surface area contributed by atoms with Gasteiger partial charge in [-0.25, -0.2) is 9.18 Å². The van der Waals surface area contributed by atoms with Gasteiger partial charge in [0, 0.05) is 25.4 Å². The molecule has 3 N–H and O–H groups in total. The Morgan fingerprint density at radius 1 is 1.43 bits per heavy atom. The smallest absolute Gasteiger partial charge is 0.314 e. The Labute approximate surface area is 134 Å². The molecule has 6 nitrogen and oxygen atoms in total. The van der Waals surface area contributed by atoms with Gasteiger partial charge >= 0.3 is 6.03 Å². The SMILES string of the molecule is Cn1cc(C(C)(O)CNC(=O)NCCc2cccc(F)c2)cn1. The van der Waals surface area contributed by atoms with Gasteiger partial charge in [-0.3, -0.25) is 4.68 Å². The summed E-state index contributed by atoms with van der Waals surface area (Å²) < 4.78 is 14.6. The Kier molecular flexibility index (Phi) is 5.33. The average Bonchev–Trinajstić information content (AvgIpc) is 2.93. The minimum atomic E-state index is -1.20. The van der Waals surface area contributed by atoms with Gasteiger partial charge in [-0.05, 0) is 31.0 Å². The molecule has 0 aliphatic heterocycles. The second-order valence-electron chi connectivity index (χ2n) is 5.67. The van der Waals surface area contributed by atoms with Crippen LogP contribution in [0.15, 0.2) is 36.7 Å². The molecule has 2 amide bonds. The summed E-state index contributed by atoms with van der Waals surface area (Å²) in [6.45, 7) is 2.05. The Bertz CT molecular complexity index is 670. The third-order valence-corrected chi connectivity index (χ3v) is 3.51. The minimum absolute atomic E-state index is 0.0600. The molecule has 1 atom stereocenters. The van der Waals surface area contributed by atoms with E-state index in [-0.39, 0.29) is 18.4 Å². The third-order valence-electron chi connectivity index (χ3n) is 3.51. The number of urea groups is 1. The van der Waals surface area contributed by atoms with E-state index in [1.54, 1.807) is 43.2 Å². The molecular formula is C16H21FN4O2. The van der Waals surface area contributed by atoms with E-state index in [9.17, 15) is 14.3 Å². The zero-order valence-electron chi connectivity index (χ0n) is 13.2. The summed E-state index contributed by atoms with van der Waals surface area (Å²) in [5.74, 6) is -0.292. The van der Waals surface area contributed by atoms with Crippen molar-refractivity contribution in [2.45, 2.75) is 18.9 Å². The molecule has 23 heavy (non-hydrogen) atoms. The number of aromatic nitrogens is 2. The van der Waals surface area contributed by atoms with E-state index < -0.39 is 5.60 Å². The first-order valence-electron chi connectivity index (χ1n) is 7.34. The van der Waals surface area contributed by atoms with Crippen LogP contribution >= 0.6 is 0 Å². The summed E-state index contributed by atoms with van der Waals surface area (Å²) in [6, 6.07) is 5.87. The van der Waals surface area contributed by atoms with Gasteiger partial charge in [-0.2, -0.15) is 5.10 Å². The molecular weight excluding hydrogens is 299 g/mol. The summed E-state index contributed by atoms with van der Waals surface area (Å²) >= 11 is 0. The average molecular weight is 320 g/mol. The van der Waals surface area contributed by atoms with Crippen molar-refractivity contribution < 1.29 is 14.3 Å². The second kappa shape index (κ2) is 7.23. The van der Waals surface area contributed by atoms with Gasteiger partial charge in [0.2, 0.25) is 0 Å². The molecule has 1 unspecified atom stereocenters. The molecule has 0 aliphatic rings. The van der Waals surface area contributed by atoms with E-state index in [1.807, 2.05) is 0 Å². The van der Waals surface area contributed by atoms with Gasteiger partial charge in [0.1, 0.15) is 11.4 Å². The molecule has 2 aromatic rings. The summed E-state index contributed by atoms with van der Waals surface area (Å²) in [4.78, 5) is 11.8. The first-order chi connectivity index (χ1) is 10.9. The van der Waals surface area contributed by atoms with Crippen molar-refractivity contribution in [2.75, 3.05) is 13.1 Å². The van der Waals surface area contributed by atoms with Crippen molar-refractivity contribution in [1.82, 2.24) is 20.4 Å². The van der Waals surface area contributed by atoms with E-state index in [1.165, 1.54) is 12.1 Å². The number of halogens is 1. The number of hydrogen-bond acceptors (Lipinski definition) is 3. The summed E-state index contributed by atoms with van der Waals surface area (Å²) in [5, 5.41) is 19.6.